The summed E-state index contributed by atoms with van der Waals surface area (Å²) in [5, 5.41) is -0.273. The number of methoxy groups -OCH3 is 1. The molecule has 0 atom stereocenters. The number of ether oxygens (including phenoxy) is 1. The van der Waals surface area contributed by atoms with E-state index in [0.29, 0.717) is 17.3 Å². The molecule has 0 radical (unpaired) electrons. The van der Waals surface area contributed by atoms with Crippen molar-refractivity contribution >= 4 is 29.0 Å². The van der Waals surface area contributed by atoms with E-state index in [1.807, 2.05) is 0 Å². The number of hydrogen-bond acceptors (Lipinski definition) is 5. The Morgan fingerprint density at radius 2 is 2.35 bits per heavy atom. The molecule has 1 saturated heterocycles. The van der Waals surface area contributed by atoms with Gasteiger partial charge in [0.05, 0.1) is 24.3 Å². The highest BCUT2D eigenvalue weighted by molar-refractivity contribution is 8.18. The predicted molar refractivity (Wildman–Crippen MR) is 63.3 cm³/mol. The molecule has 0 spiro atoms. The number of imide groups is 1. The van der Waals surface area contributed by atoms with Crippen LogP contribution in [0.25, 0.3) is 6.08 Å². The summed E-state index contributed by atoms with van der Waals surface area (Å²) >= 11 is 0.913. The third kappa shape index (κ3) is 2.59. The normalized spacial score (nSPS) is 18.4. The zero-order chi connectivity index (χ0) is 12.3. The molecule has 2 heterocycles. The standard InChI is InChI=1S/C11H11NO4S/c1-15-6-4-12-10(13)9(17-11(12)14)7-8-3-2-5-16-8/h2-3,5,7H,4,6H2,1H3. The SMILES string of the molecule is COCCN1C(=O)SC(=Cc2ccco2)C1=O. The first-order valence-corrected chi connectivity index (χ1v) is 5.82. The molecule has 2 rings (SSSR count). The molecule has 90 valence electrons. The Hall–Kier alpha value is -1.53. The summed E-state index contributed by atoms with van der Waals surface area (Å²) in [6.07, 6.45) is 3.08. The maximum Gasteiger partial charge on any atom is 0.293 e. The molecule has 0 aromatic carbocycles. The van der Waals surface area contributed by atoms with Crippen molar-refractivity contribution in [2.75, 3.05) is 20.3 Å². The van der Waals surface area contributed by atoms with E-state index in [-0.39, 0.29) is 17.7 Å². The number of hydrogen-bond donors (Lipinski definition) is 0. The molecule has 1 aliphatic rings. The number of rotatable bonds is 4. The van der Waals surface area contributed by atoms with Crippen LogP contribution >= 0.6 is 11.8 Å². The second-order valence-electron chi connectivity index (χ2n) is 3.34. The number of nitrogens with zero attached hydrogens (tertiary/aromatic N) is 1. The second kappa shape index (κ2) is 5.20. The largest absolute Gasteiger partial charge is 0.465 e. The van der Waals surface area contributed by atoms with Gasteiger partial charge < -0.3 is 9.15 Å². The highest BCUT2D eigenvalue weighted by Gasteiger charge is 2.34. The average molecular weight is 253 g/mol. The molecular formula is C11H11NO4S. The third-order valence-electron chi connectivity index (χ3n) is 2.21. The Morgan fingerprint density at radius 1 is 1.53 bits per heavy atom. The number of carbonyl (C=O) groups is 2. The van der Waals surface area contributed by atoms with Crippen LogP contribution in [0.2, 0.25) is 0 Å². The highest BCUT2D eigenvalue weighted by Crippen LogP contribution is 2.31. The van der Waals surface area contributed by atoms with E-state index < -0.39 is 0 Å². The predicted octanol–water partition coefficient (Wildman–Crippen LogP) is 1.96. The lowest BCUT2D eigenvalue weighted by Crippen LogP contribution is -2.31. The maximum absolute atomic E-state index is 11.9. The van der Waals surface area contributed by atoms with E-state index in [0.717, 1.165) is 11.8 Å². The molecular weight excluding hydrogens is 242 g/mol. The van der Waals surface area contributed by atoms with Crippen molar-refractivity contribution in [3.63, 3.8) is 0 Å². The van der Waals surface area contributed by atoms with Gasteiger partial charge in [-0.2, -0.15) is 0 Å². The van der Waals surface area contributed by atoms with Gasteiger partial charge in [-0.3, -0.25) is 14.5 Å². The molecule has 5 nitrogen and oxygen atoms in total. The van der Waals surface area contributed by atoms with Crippen LogP contribution in [0.3, 0.4) is 0 Å². The van der Waals surface area contributed by atoms with Crippen molar-refractivity contribution in [2.45, 2.75) is 0 Å². The molecule has 0 saturated carbocycles. The summed E-state index contributed by atoms with van der Waals surface area (Å²) in [6.45, 7) is 0.614. The summed E-state index contributed by atoms with van der Waals surface area (Å²) in [6, 6.07) is 3.45. The number of amides is 2. The van der Waals surface area contributed by atoms with Crippen LogP contribution in [0.5, 0.6) is 0 Å². The van der Waals surface area contributed by atoms with E-state index in [2.05, 4.69) is 0 Å². The molecule has 0 aliphatic carbocycles. The van der Waals surface area contributed by atoms with Crippen molar-refractivity contribution in [3.8, 4) is 0 Å². The Balaban J connectivity index is 2.13. The van der Waals surface area contributed by atoms with Gasteiger partial charge in [-0.25, -0.2) is 0 Å². The number of furan rings is 1. The maximum atomic E-state index is 11.9. The molecule has 0 unspecified atom stereocenters. The van der Waals surface area contributed by atoms with E-state index in [9.17, 15) is 9.59 Å². The van der Waals surface area contributed by atoms with E-state index in [4.69, 9.17) is 9.15 Å². The van der Waals surface area contributed by atoms with Crippen molar-refractivity contribution in [1.29, 1.82) is 0 Å². The first-order chi connectivity index (χ1) is 8.22. The summed E-state index contributed by atoms with van der Waals surface area (Å²) in [5.41, 5.74) is 0. The molecule has 0 N–H and O–H groups in total. The Morgan fingerprint density at radius 3 is 3.00 bits per heavy atom. The smallest absolute Gasteiger partial charge is 0.293 e. The van der Waals surface area contributed by atoms with Gasteiger partial charge >= 0.3 is 0 Å². The van der Waals surface area contributed by atoms with Crippen LogP contribution in [0, 0.1) is 0 Å². The lowest BCUT2D eigenvalue weighted by molar-refractivity contribution is -0.123. The molecule has 1 aromatic heterocycles. The van der Waals surface area contributed by atoms with Gasteiger partial charge in [-0.15, -0.1) is 0 Å². The Labute approximate surface area is 102 Å². The fourth-order valence-electron chi connectivity index (χ4n) is 1.38. The van der Waals surface area contributed by atoms with Gasteiger partial charge in [0, 0.05) is 13.2 Å². The van der Waals surface area contributed by atoms with E-state index in [1.165, 1.54) is 18.3 Å². The fourth-order valence-corrected chi connectivity index (χ4v) is 2.22. The minimum atomic E-state index is -0.298. The van der Waals surface area contributed by atoms with Crippen molar-refractivity contribution in [3.05, 3.63) is 29.1 Å². The minimum Gasteiger partial charge on any atom is -0.465 e. The van der Waals surface area contributed by atoms with Crippen LogP contribution < -0.4 is 0 Å². The molecule has 2 amide bonds. The number of carbonyl (C=O) groups excluding carboxylic acids is 2. The monoisotopic (exact) mass is 253 g/mol. The summed E-state index contributed by atoms with van der Waals surface area (Å²) < 4.78 is 9.95. The van der Waals surface area contributed by atoms with Gasteiger partial charge in [0.25, 0.3) is 11.1 Å². The van der Waals surface area contributed by atoms with E-state index >= 15 is 0 Å². The first-order valence-electron chi connectivity index (χ1n) is 5.00. The van der Waals surface area contributed by atoms with Crippen LogP contribution in [-0.2, 0) is 9.53 Å². The van der Waals surface area contributed by atoms with Crippen molar-refractivity contribution < 1.29 is 18.7 Å². The van der Waals surface area contributed by atoms with Crippen LogP contribution in [0.15, 0.2) is 27.7 Å². The van der Waals surface area contributed by atoms with Crippen LogP contribution in [-0.4, -0.2) is 36.3 Å². The summed E-state index contributed by atoms with van der Waals surface area (Å²) in [5.74, 6) is 0.260. The topological polar surface area (TPSA) is 59.8 Å². The molecule has 0 bridgehead atoms. The summed E-state index contributed by atoms with van der Waals surface area (Å²) in [4.78, 5) is 25.0. The summed E-state index contributed by atoms with van der Waals surface area (Å²) in [7, 11) is 1.53. The van der Waals surface area contributed by atoms with E-state index in [1.54, 1.807) is 18.2 Å². The molecule has 1 aromatic rings. The van der Waals surface area contributed by atoms with Gasteiger partial charge in [0.1, 0.15) is 5.76 Å². The van der Waals surface area contributed by atoms with Crippen LogP contribution in [0.4, 0.5) is 4.79 Å². The zero-order valence-electron chi connectivity index (χ0n) is 9.21. The fraction of sp³-hybridized carbons (Fsp3) is 0.273. The quantitative estimate of drug-likeness (QED) is 0.768. The van der Waals surface area contributed by atoms with Crippen molar-refractivity contribution in [2.24, 2.45) is 0 Å². The third-order valence-corrected chi connectivity index (χ3v) is 3.12. The van der Waals surface area contributed by atoms with Gasteiger partial charge in [0.2, 0.25) is 0 Å². The molecule has 1 aliphatic heterocycles. The zero-order valence-corrected chi connectivity index (χ0v) is 10.0. The first kappa shape index (κ1) is 11.9. The van der Waals surface area contributed by atoms with Crippen LogP contribution in [0.1, 0.15) is 5.76 Å². The van der Waals surface area contributed by atoms with Gasteiger partial charge in [0.15, 0.2) is 0 Å². The lowest BCUT2D eigenvalue weighted by Gasteiger charge is -2.10. The molecule has 17 heavy (non-hydrogen) atoms. The highest BCUT2D eigenvalue weighted by atomic mass is 32.2. The van der Waals surface area contributed by atoms with Gasteiger partial charge in [-0.05, 0) is 23.9 Å². The second-order valence-corrected chi connectivity index (χ2v) is 4.33. The Kier molecular flexibility index (Phi) is 3.65. The number of thioether (sulfide) groups is 1. The van der Waals surface area contributed by atoms with Crippen molar-refractivity contribution in [1.82, 2.24) is 4.90 Å². The average Bonchev–Trinajstić information content (AvgIpc) is 2.89. The molecule has 6 heteroatoms. The van der Waals surface area contributed by atoms with Gasteiger partial charge in [-0.1, -0.05) is 0 Å². The Bertz CT molecular complexity index is 452. The lowest BCUT2D eigenvalue weighted by atomic mass is 10.3. The molecule has 1 fully saturated rings. The minimum absolute atomic E-state index is 0.273.